The van der Waals surface area contributed by atoms with Gasteiger partial charge in [-0.1, -0.05) is 19.1 Å². The maximum Gasteiger partial charge on any atom is 0.336 e. The maximum absolute atomic E-state index is 12.7. The van der Waals surface area contributed by atoms with Crippen LogP contribution in [0.3, 0.4) is 0 Å². The van der Waals surface area contributed by atoms with Gasteiger partial charge < -0.3 is 4.90 Å². The number of amides is 2. The molecule has 28 heavy (non-hydrogen) atoms. The van der Waals surface area contributed by atoms with Gasteiger partial charge in [0.2, 0.25) is 0 Å². The zero-order valence-electron chi connectivity index (χ0n) is 17.1. The van der Waals surface area contributed by atoms with Crippen molar-refractivity contribution in [3.8, 4) is 0 Å². The Kier molecular flexibility index (Phi) is 5.15. The Balaban J connectivity index is 1.84. The average Bonchev–Trinajstić information content (AvgIpc) is 3.02. The molecule has 0 bridgehead atoms. The minimum absolute atomic E-state index is 0.172. The van der Waals surface area contributed by atoms with Crippen molar-refractivity contribution < 1.29 is 9.59 Å². The third kappa shape index (κ3) is 2.82. The minimum Gasteiger partial charge on any atom is -0.324 e. The molecule has 0 spiro atoms. The Bertz CT molecular complexity index is 900. The molecule has 4 rings (SSSR count). The lowest BCUT2D eigenvalue weighted by atomic mass is 9.74. The summed E-state index contributed by atoms with van der Waals surface area (Å²) in [6.07, 6.45) is 4.17. The number of aldehydes is 1. The molecule has 2 aromatic rings. The number of carbonyl (C=O) groups excluding carboxylic acids is 2. The third-order valence-corrected chi connectivity index (χ3v) is 6.65. The van der Waals surface area contributed by atoms with Crippen molar-refractivity contribution in [3.05, 3.63) is 35.0 Å². The molecule has 1 N–H and O–H groups in total. The SMILES string of the molecule is CCN(CC)C(=O)Nn1c(C=O)c2c3c(cccc31)[C@H]1CCCN(CC)[C@@H]1C2. The zero-order valence-corrected chi connectivity index (χ0v) is 17.1. The predicted octanol–water partition coefficient (Wildman–Crippen LogP) is 3.58. The van der Waals surface area contributed by atoms with Crippen molar-refractivity contribution in [2.45, 2.75) is 52.0 Å². The quantitative estimate of drug-likeness (QED) is 0.804. The van der Waals surface area contributed by atoms with Crippen LogP contribution in [0.15, 0.2) is 18.2 Å². The van der Waals surface area contributed by atoms with Gasteiger partial charge in [-0.3, -0.25) is 9.69 Å². The number of fused-ring (bicyclic) bond motifs is 2. The summed E-state index contributed by atoms with van der Waals surface area (Å²) >= 11 is 0. The molecule has 150 valence electrons. The smallest absolute Gasteiger partial charge is 0.324 e. The summed E-state index contributed by atoms with van der Waals surface area (Å²) in [7, 11) is 0. The van der Waals surface area contributed by atoms with Gasteiger partial charge in [0.25, 0.3) is 0 Å². The van der Waals surface area contributed by atoms with Gasteiger partial charge in [0.05, 0.1) is 5.52 Å². The number of likely N-dealkylation sites (N-methyl/N-ethyl adjacent to an activating group) is 1. The Morgan fingerprint density at radius 1 is 1.29 bits per heavy atom. The molecule has 6 nitrogen and oxygen atoms in total. The molecule has 2 atom stereocenters. The van der Waals surface area contributed by atoms with Gasteiger partial charge in [-0.15, -0.1) is 0 Å². The fraction of sp³-hybridized carbons (Fsp3) is 0.545. The van der Waals surface area contributed by atoms with Crippen molar-refractivity contribution in [2.75, 3.05) is 31.6 Å². The second-order valence-electron chi connectivity index (χ2n) is 7.80. The van der Waals surface area contributed by atoms with Crippen LogP contribution in [-0.2, 0) is 6.42 Å². The van der Waals surface area contributed by atoms with Crippen LogP contribution in [0, 0.1) is 0 Å². The molecular weight excluding hydrogens is 352 g/mol. The summed E-state index contributed by atoms with van der Waals surface area (Å²) in [4.78, 5) is 29.1. The fourth-order valence-electron chi connectivity index (χ4n) is 5.27. The molecule has 0 saturated carbocycles. The highest BCUT2D eigenvalue weighted by Gasteiger charge is 2.39. The van der Waals surface area contributed by atoms with Crippen LogP contribution >= 0.6 is 0 Å². The predicted molar refractivity (Wildman–Crippen MR) is 112 cm³/mol. The number of hydrogen-bond acceptors (Lipinski definition) is 3. The number of aromatic nitrogens is 1. The lowest BCUT2D eigenvalue weighted by molar-refractivity contribution is 0.111. The largest absolute Gasteiger partial charge is 0.336 e. The van der Waals surface area contributed by atoms with Gasteiger partial charge in [-0.25, -0.2) is 14.9 Å². The molecule has 1 aromatic carbocycles. The van der Waals surface area contributed by atoms with Crippen LogP contribution in [0.5, 0.6) is 0 Å². The molecule has 2 heterocycles. The number of hydrogen-bond donors (Lipinski definition) is 1. The van der Waals surface area contributed by atoms with Gasteiger partial charge in [-0.2, -0.15) is 0 Å². The number of rotatable bonds is 5. The first-order chi connectivity index (χ1) is 13.6. The van der Waals surface area contributed by atoms with Crippen molar-refractivity contribution in [1.82, 2.24) is 14.5 Å². The number of piperidine rings is 1. The molecule has 1 aliphatic carbocycles. The standard InChI is InChI=1S/C22H30N4O2/c1-4-24(5-2)22(28)23-26-18-11-7-9-16-15-10-8-12-25(6-3)19(15)13-17(21(16)18)20(26)14-27/h7,9,11,14-15,19H,4-6,8,10,12-13H2,1-3H3,(H,23,28)/t15-,19-/m1/s1. The van der Waals surface area contributed by atoms with E-state index in [9.17, 15) is 9.59 Å². The summed E-state index contributed by atoms with van der Waals surface area (Å²) in [6.45, 7) is 9.55. The van der Waals surface area contributed by atoms with E-state index >= 15 is 0 Å². The average molecular weight is 383 g/mol. The van der Waals surface area contributed by atoms with E-state index < -0.39 is 0 Å². The van der Waals surface area contributed by atoms with E-state index in [1.54, 1.807) is 9.58 Å². The second kappa shape index (κ2) is 7.59. The molecule has 2 amide bonds. The molecule has 6 heteroatoms. The lowest BCUT2D eigenvalue weighted by Crippen LogP contribution is -2.46. The monoisotopic (exact) mass is 382 g/mol. The van der Waals surface area contributed by atoms with Gasteiger partial charge in [0.1, 0.15) is 5.69 Å². The van der Waals surface area contributed by atoms with Crippen LogP contribution in [0.4, 0.5) is 4.79 Å². The molecule has 0 unspecified atom stereocenters. The second-order valence-corrected chi connectivity index (χ2v) is 7.80. The van der Waals surface area contributed by atoms with E-state index in [1.165, 1.54) is 23.8 Å². The molecule has 1 saturated heterocycles. The van der Waals surface area contributed by atoms with Crippen molar-refractivity contribution in [1.29, 1.82) is 0 Å². The first-order valence-electron chi connectivity index (χ1n) is 10.6. The van der Waals surface area contributed by atoms with Crippen molar-refractivity contribution >= 4 is 23.2 Å². The highest BCUT2D eigenvalue weighted by atomic mass is 16.2. The molecule has 1 aromatic heterocycles. The lowest BCUT2D eigenvalue weighted by Gasteiger charge is -2.43. The maximum atomic E-state index is 12.7. The highest BCUT2D eigenvalue weighted by molar-refractivity contribution is 5.98. The van der Waals surface area contributed by atoms with E-state index in [0.717, 1.165) is 36.9 Å². The number of likely N-dealkylation sites (tertiary alicyclic amines) is 1. The van der Waals surface area contributed by atoms with Gasteiger partial charge in [0, 0.05) is 30.4 Å². The Labute approximate surface area is 166 Å². The number of nitrogens with one attached hydrogen (secondary N) is 1. The molecule has 1 fully saturated rings. The molecule has 2 aliphatic rings. The van der Waals surface area contributed by atoms with E-state index in [2.05, 4.69) is 29.4 Å². The summed E-state index contributed by atoms with van der Waals surface area (Å²) in [5, 5.41) is 1.17. The van der Waals surface area contributed by atoms with Gasteiger partial charge in [0.15, 0.2) is 6.29 Å². The van der Waals surface area contributed by atoms with E-state index in [1.807, 2.05) is 19.9 Å². The van der Waals surface area contributed by atoms with Crippen LogP contribution in [0.1, 0.15) is 61.1 Å². The number of nitrogens with zero attached hydrogens (tertiary/aromatic N) is 3. The van der Waals surface area contributed by atoms with Crippen LogP contribution in [0.25, 0.3) is 10.9 Å². The summed E-state index contributed by atoms with van der Waals surface area (Å²) in [6, 6.07) is 6.55. The Morgan fingerprint density at radius 3 is 2.75 bits per heavy atom. The Hall–Kier alpha value is -2.34. The summed E-state index contributed by atoms with van der Waals surface area (Å²) < 4.78 is 1.72. The minimum atomic E-state index is -0.172. The summed E-state index contributed by atoms with van der Waals surface area (Å²) in [5.41, 5.74) is 6.92. The number of benzene rings is 1. The van der Waals surface area contributed by atoms with Crippen LogP contribution in [-0.4, -0.2) is 59.0 Å². The zero-order chi connectivity index (χ0) is 19.8. The van der Waals surface area contributed by atoms with Crippen molar-refractivity contribution in [2.24, 2.45) is 0 Å². The third-order valence-electron chi connectivity index (χ3n) is 6.65. The van der Waals surface area contributed by atoms with Crippen LogP contribution < -0.4 is 5.43 Å². The van der Waals surface area contributed by atoms with Gasteiger partial charge >= 0.3 is 6.03 Å². The van der Waals surface area contributed by atoms with E-state index in [0.29, 0.717) is 30.7 Å². The normalized spacial score (nSPS) is 21.4. The fourth-order valence-corrected chi connectivity index (χ4v) is 5.27. The summed E-state index contributed by atoms with van der Waals surface area (Å²) in [5.74, 6) is 0.499. The Morgan fingerprint density at radius 2 is 2.07 bits per heavy atom. The molecule has 1 aliphatic heterocycles. The molecule has 0 radical (unpaired) electrons. The first-order valence-corrected chi connectivity index (χ1v) is 10.6. The van der Waals surface area contributed by atoms with Gasteiger partial charge in [-0.05, 0) is 63.4 Å². The van der Waals surface area contributed by atoms with Crippen molar-refractivity contribution in [3.63, 3.8) is 0 Å². The number of urea groups is 1. The highest BCUT2D eigenvalue weighted by Crippen LogP contribution is 2.44. The number of carbonyl (C=O) groups is 2. The first kappa shape index (κ1) is 19.0. The van der Waals surface area contributed by atoms with E-state index in [4.69, 9.17) is 0 Å². The topological polar surface area (TPSA) is 57.6 Å². The van der Waals surface area contributed by atoms with Crippen LogP contribution in [0.2, 0.25) is 0 Å². The molecular formula is C22H30N4O2. The van der Waals surface area contributed by atoms with E-state index in [-0.39, 0.29) is 6.03 Å².